The van der Waals surface area contributed by atoms with Crippen LogP contribution in [0.1, 0.15) is 32.1 Å². The third kappa shape index (κ3) is 1.89. The first-order chi connectivity index (χ1) is 6.28. The molecule has 3 heteroatoms. The van der Waals surface area contributed by atoms with Gasteiger partial charge in [-0.15, -0.1) is 11.6 Å². The quantitative estimate of drug-likeness (QED) is 0.535. The Balaban J connectivity index is 2.08. The molecule has 2 bridgehead atoms. The van der Waals surface area contributed by atoms with E-state index in [-0.39, 0.29) is 5.41 Å². The maximum atomic E-state index is 11.1. The summed E-state index contributed by atoms with van der Waals surface area (Å²) in [7, 11) is 0. The molecule has 0 aromatic carbocycles. The SMILES string of the molecule is O=CC1(CCCl)CC2CCC(C1)S2. The molecule has 2 atom stereocenters. The molecule has 2 aliphatic heterocycles. The van der Waals surface area contributed by atoms with Gasteiger partial charge >= 0.3 is 0 Å². The molecule has 13 heavy (non-hydrogen) atoms. The minimum Gasteiger partial charge on any atom is -0.303 e. The average Bonchev–Trinajstić information content (AvgIpc) is 2.47. The highest BCUT2D eigenvalue weighted by molar-refractivity contribution is 8.00. The molecular weight excluding hydrogens is 204 g/mol. The van der Waals surface area contributed by atoms with Crippen molar-refractivity contribution in [3.63, 3.8) is 0 Å². The highest BCUT2D eigenvalue weighted by atomic mass is 35.5. The minimum atomic E-state index is -0.0567. The molecule has 0 spiro atoms. The van der Waals surface area contributed by atoms with E-state index in [9.17, 15) is 4.79 Å². The summed E-state index contributed by atoms with van der Waals surface area (Å²) >= 11 is 7.85. The smallest absolute Gasteiger partial charge is 0.126 e. The van der Waals surface area contributed by atoms with Gasteiger partial charge in [0.25, 0.3) is 0 Å². The maximum Gasteiger partial charge on any atom is 0.126 e. The van der Waals surface area contributed by atoms with E-state index in [1.807, 2.05) is 0 Å². The van der Waals surface area contributed by atoms with Crippen LogP contribution in [-0.2, 0) is 4.79 Å². The minimum absolute atomic E-state index is 0.0567. The summed E-state index contributed by atoms with van der Waals surface area (Å²) in [6.07, 6.45) is 6.83. The van der Waals surface area contributed by atoms with Gasteiger partial charge in [-0.1, -0.05) is 0 Å². The molecular formula is C10H15ClOS. The Labute approximate surface area is 88.6 Å². The number of carbonyl (C=O) groups is 1. The van der Waals surface area contributed by atoms with Crippen LogP contribution in [0.5, 0.6) is 0 Å². The van der Waals surface area contributed by atoms with E-state index in [4.69, 9.17) is 11.6 Å². The number of halogens is 1. The molecule has 0 N–H and O–H groups in total. The van der Waals surface area contributed by atoms with Gasteiger partial charge in [-0.3, -0.25) is 0 Å². The Kier molecular flexibility index (Phi) is 2.89. The number of hydrogen-bond donors (Lipinski definition) is 0. The van der Waals surface area contributed by atoms with Gasteiger partial charge in [0.2, 0.25) is 0 Å². The molecule has 0 aliphatic carbocycles. The molecule has 2 aliphatic rings. The summed E-state index contributed by atoms with van der Waals surface area (Å²) in [5.74, 6) is 0.628. The predicted molar refractivity (Wildman–Crippen MR) is 57.5 cm³/mol. The second-order valence-electron chi connectivity index (χ2n) is 4.28. The van der Waals surface area contributed by atoms with Gasteiger partial charge in [0, 0.05) is 21.8 Å². The van der Waals surface area contributed by atoms with Crippen LogP contribution in [0, 0.1) is 5.41 Å². The molecule has 2 heterocycles. The standard InChI is InChI=1S/C10H15ClOS/c11-4-3-10(7-12)5-8-1-2-9(6-10)13-8/h7-9H,1-6H2. The first-order valence-electron chi connectivity index (χ1n) is 4.96. The lowest BCUT2D eigenvalue weighted by molar-refractivity contribution is -0.117. The van der Waals surface area contributed by atoms with Crippen LogP contribution in [0.2, 0.25) is 0 Å². The van der Waals surface area contributed by atoms with Crippen molar-refractivity contribution in [2.45, 2.75) is 42.6 Å². The van der Waals surface area contributed by atoms with Crippen LogP contribution in [0.25, 0.3) is 0 Å². The molecule has 2 fully saturated rings. The molecule has 0 aromatic heterocycles. The van der Waals surface area contributed by atoms with Crippen molar-refractivity contribution in [3.8, 4) is 0 Å². The summed E-state index contributed by atoms with van der Waals surface area (Å²) in [4.78, 5) is 11.1. The van der Waals surface area contributed by atoms with E-state index in [0.717, 1.165) is 29.8 Å². The van der Waals surface area contributed by atoms with Crippen LogP contribution >= 0.6 is 23.4 Å². The topological polar surface area (TPSA) is 17.1 Å². The summed E-state index contributed by atoms with van der Waals surface area (Å²) in [5.41, 5.74) is -0.0567. The fourth-order valence-electron chi connectivity index (χ4n) is 2.62. The van der Waals surface area contributed by atoms with Crippen molar-refractivity contribution in [2.75, 3.05) is 5.88 Å². The first kappa shape index (κ1) is 9.85. The Morgan fingerprint density at radius 1 is 1.38 bits per heavy atom. The molecule has 0 aromatic rings. The number of fused-ring (bicyclic) bond motifs is 2. The van der Waals surface area contributed by atoms with Crippen LogP contribution in [0.4, 0.5) is 0 Å². The number of thioether (sulfide) groups is 1. The molecule has 2 saturated heterocycles. The predicted octanol–water partition coefficient (Wildman–Crippen LogP) is 2.86. The van der Waals surface area contributed by atoms with Crippen molar-refractivity contribution in [2.24, 2.45) is 5.41 Å². The lowest BCUT2D eigenvalue weighted by Gasteiger charge is -2.35. The zero-order valence-corrected chi connectivity index (χ0v) is 9.24. The van der Waals surface area contributed by atoms with Crippen molar-refractivity contribution < 1.29 is 4.79 Å². The van der Waals surface area contributed by atoms with Crippen molar-refractivity contribution in [1.29, 1.82) is 0 Å². The third-order valence-corrected chi connectivity index (χ3v) is 5.07. The summed E-state index contributed by atoms with van der Waals surface area (Å²) in [5, 5.41) is 1.49. The first-order valence-corrected chi connectivity index (χ1v) is 6.43. The van der Waals surface area contributed by atoms with Crippen molar-refractivity contribution in [1.82, 2.24) is 0 Å². The lowest BCUT2D eigenvalue weighted by atomic mass is 9.79. The van der Waals surface area contributed by atoms with Gasteiger partial charge in [0.05, 0.1) is 0 Å². The molecule has 2 unspecified atom stereocenters. The molecule has 0 radical (unpaired) electrons. The van der Waals surface area contributed by atoms with Crippen LogP contribution < -0.4 is 0 Å². The van der Waals surface area contributed by atoms with Crippen LogP contribution in [0.15, 0.2) is 0 Å². The van der Waals surface area contributed by atoms with Gasteiger partial charge in [0.1, 0.15) is 6.29 Å². The van der Waals surface area contributed by atoms with Crippen LogP contribution in [0.3, 0.4) is 0 Å². The number of hydrogen-bond acceptors (Lipinski definition) is 2. The third-order valence-electron chi connectivity index (χ3n) is 3.31. The van der Waals surface area contributed by atoms with E-state index in [1.54, 1.807) is 0 Å². The number of rotatable bonds is 3. The Morgan fingerprint density at radius 2 is 2.00 bits per heavy atom. The van der Waals surface area contributed by atoms with Crippen LogP contribution in [-0.4, -0.2) is 22.7 Å². The number of alkyl halides is 1. The summed E-state index contributed by atoms with van der Waals surface area (Å²) in [6.45, 7) is 0. The summed E-state index contributed by atoms with van der Waals surface area (Å²) < 4.78 is 0. The average molecular weight is 219 g/mol. The normalized spacial score (nSPS) is 43.5. The van der Waals surface area contributed by atoms with Gasteiger partial charge in [-0.25, -0.2) is 0 Å². The Hall–Kier alpha value is 0.310. The molecule has 0 saturated carbocycles. The molecule has 74 valence electrons. The number of carbonyl (C=O) groups excluding carboxylic acids is 1. The highest BCUT2D eigenvalue weighted by Crippen LogP contribution is 2.51. The number of aldehydes is 1. The van der Waals surface area contributed by atoms with Gasteiger partial charge < -0.3 is 4.79 Å². The Morgan fingerprint density at radius 3 is 2.46 bits per heavy atom. The van der Waals surface area contributed by atoms with E-state index < -0.39 is 0 Å². The van der Waals surface area contributed by atoms with E-state index in [1.165, 1.54) is 19.1 Å². The van der Waals surface area contributed by atoms with Crippen molar-refractivity contribution >= 4 is 29.6 Å². The van der Waals surface area contributed by atoms with Gasteiger partial charge in [0.15, 0.2) is 0 Å². The second kappa shape index (κ2) is 3.82. The van der Waals surface area contributed by atoms with E-state index in [2.05, 4.69) is 11.8 Å². The highest BCUT2D eigenvalue weighted by Gasteiger charge is 2.43. The lowest BCUT2D eigenvalue weighted by Crippen LogP contribution is -2.32. The zero-order chi connectivity index (χ0) is 9.31. The molecule has 2 rings (SSSR count). The fourth-order valence-corrected chi connectivity index (χ4v) is 4.94. The van der Waals surface area contributed by atoms with Crippen molar-refractivity contribution in [3.05, 3.63) is 0 Å². The summed E-state index contributed by atoms with van der Waals surface area (Å²) in [6, 6.07) is 0. The monoisotopic (exact) mass is 218 g/mol. The second-order valence-corrected chi connectivity index (χ2v) is 6.27. The molecule has 0 amide bonds. The zero-order valence-electron chi connectivity index (χ0n) is 7.67. The largest absolute Gasteiger partial charge is 0.303 e. The maximum absolute atomic E-state index is 11.1. The Bertz CT molecular complexity index is 195. The van der Waals surface area contributed by atoms with E-state index in [0.29, 0.717) is 5.88 Å². The molecule has 1 nitrogen and oxygen atoms in total. The van der Waals surface area contributed by atoms with Gasteiger partial charge in [-0.05, 0) is 32.1 Å². The van der Waals surface area contributed by atoms with Gasteiger partial charge in [-0.2, -0.15) is 11.8 Å². The fraction of sp³-hybridized carbons (Fsp3) is 0.900. The van der Waals surface area contributed by atoms with E-state index >= 15 is 0 Å².